The van der Waals surface area contributed by atoms with Crippen molar-refractivity contribution in [2.75, 3.05) is 26.7 Å². The van der Waals surface area contributed by atoms with E-state index < -0.39 is 5.79 Å². The first-order valence-corrected chi connectivity index (χ1v) is 6.01. The van der Waals surface area contributed by atoms with Crippen LogP contribution in [0.2, 0.25) is 0 Å². The van der Waals surface area contributed by atoms with Crippen molar-refractivity contribution < 1.29 is 9.47 Å². The van der Waals surface area contributed by atoms with Gasteiger partial charge in [-0.1, -0.05) is 0 Å². The predicted molar refractivity (Wildman–Crippen MR) is 59.7 cm³/mol. The van der Waals surface area contributed by atoms with Crippen LogP contribution in [0.4, 0.5) is 0 Å². The molecule has 0 bridgehead atoms. The average Bonchev–Trinajstić information content (AvgIpc) is 2.62. The molecule has 2 aliphatic rings. The average molecular weight is 224 g/mol. The van der Waals surface area contributed by atoms with Crippen LogP contribution in [-0.2, 0) is 9.47 Å². The smallest absolute Gasteiger partial charge is 0.170 e. The summed E-state index contributed by atoms with van der Waals surface area (Å²) in [6, 6.07) is 2.14. The molecule has 0 aromatic heterocycles. The van der Waals surface area contributed by atoms with Crippen molar-refractivity contribution in [3.8, 4) is 6.07 Å². The second-order valence-corrected chi connectivity index (χ2v) is 5.03. The molecule has 0 aliphatic carbocycles. The molecule has 3 atom stereocenters. The summed E-state index contributed by atoms with van der Waals surface area (Å²) >= 11 is 0. The molecule has 2 saturated heterocycles. The summed E-state index contributed by atoms with van der Waals surface area (Å²) < 4.78 is 11.7. The van der Waals surface area contributed by atoms with Gasteiger partial charge in [0.2, 0.25) is 0 Å². The highest BCUT2D eigenvalue weighted by atomic mass is 16.7. The maximum absolute atomic E-state index is 8.66. The van der Waals surface area contributed by atoms with Crippen molar-refractivity contribution in [3.63, 3.8) is 0 Å². The van der Waals surface area contributed by atoms with Gasteiger partial charge in [0.1, 0.15) is 0 Å². The summed E-state index contributed by atoms with van der Waals surface area (Å²) in [7, 11) is 2.14. The number of nitriles is 1. The van der Waals surface area contributed by atoms with Gasteiger partial charge in [-0.05, 0) is 33.4 Å². The van der Waals surface area contributed by atoms with Gasteiger partial charge in [-0.3, -0.25) is 0 Å². The molecule has 0 amide bonds. The highest BCUT2D eigenvalue weighted by molar-refractivity contribution is 4.88. The lowest BCUT2D eigenvalue weighted by Gasteiger charge is -2.38. The molecular formula is C12H20N2O2. The molecule has 2 rings (SSSR count). The third-order valence-electron chi connectivity index (χ3n) is 3.64. The summed E-state index contributed by atoms with van der Waals surface area (Å²) in [5.41, 5.74) is 0. The van der Waals surface area contributed by atoms with Crippen LogP contribution in [0, 0.1) is 17.2 Å². The summed E-state index contributed by atoms with van der Waals surface area (Å²) in [6.07, 6.45) is 2.74. The normalized spacial score (nSPS) is 40.8. The van der Waals surface area contributed by atoms with E-state index in [-0.39, 0.29) is 6.10 Å². The molecule has 3 unspecified atom stereocenters. The maximum atomic E-state index is 8.66. The number of nitrogens with zero attached hydrogens (tertiary/aromatic N) is 2. The second-order valence-electron chi connectivity index (χ2n) is 5.03. The van der Waals surface area contributed by atoms with Crippen molar-refractivity contribution in [1.29, 1.82) is 5.26 Å². The van der Waals surface area contributed by atoms with E-state index in [2.05, 4.69) is 18.0 Å². The highest BCUT2D eigenvalue weighted by Gasteiger charge is 2.44. The van der Waals surface area contributed by atoms with Crippen LogP contribution in [0.5, 0.6) is 0 Å². The molecule has 4 nitrogen and oxygen atoms in total. The Kier molecular flexibility index (Phi) is 3.48. The zero-order valence-corrected chi connectivity index (χ0v) is 10.1. The molecule has 2 aliphatic heterocycles. The predicted octanol–water partition coefficient (Wildman–Crippen LogP) is 1.37. The Morgan fingerprint density at radius 2 is 2.38 bits per heavy atom. The number of likely N-dealkylation sites (tertiary alicyclic amines) is 1. The molecule has 0 radical (unpaired) electrons. The molecule has 90 valence electrons. The molecule has 0 saturated carbocycles. The van der Waals surface area contributed by atoms with Gasteiger partial charge in [0.25, 0.3) is 0 Å². The molecule has 0 N–H and O–H groups in total. The fourth-order valence-corrected chi connectivity index (χ4v) is 2.67. The third-order valence-corrected chi connectivity index (χ3v) is 3.64. The molecular weight excluding hydrogens is 204 g/mol. The topological polar surface area (TPSA) is 45.5 Å². The van der Waals surface area contributed by atoms with E-state index in [0.29, 0.717) is 18.9 Å². The first-order chi connectivity index (χ1) is 7.64. The SMILES string of the molecule is CN1CCCC(C2(C)OCC(CC#N)O2)C1. The Hall–Kier alpha value is -0.630. The number of piperidine rings is 1. The van der Waals surface area contributed by atoms with Crippen LogP contribution < -0.4 is 0 Å². The first kappa shape index (κ1) is 11.8. The van der Waals surface area contributed by atoms with Gasteiger partial charge in [0, 0.05) is 12.5 Å². The number of ether oxygens (including phenoxy) is 2. The Morgan fingerprint density at radius 1 is 1.56 bits per heavy atom. The Balaban J connectivity index is 1.95. The maximum Gasteiger partial charge on any atom is 0.170 e. The van der Waals surface area contributed by atoms with E-state index >= 15 is 0 Å². The monoisotopic (exact) mass is 224 g/mol. The van der Waals surface area contributed by atoms with E-state index in [1.54, 1.807) is 0 Å². The fourth-order valence-electron chi connectivity index (χ4n) is 2.67. The Morgan fingerprint density at radius 3 is 3.06 bits per heavy atom. The summed E-state index contributed by atoms with van der Waals surface area (Å²) in [6.45, 7) is 4.77. The van der Waals surface area contributed by atoms with Crippen molar-refractivity contribution in [2.24, 2.45) is 5.92 Å². The third kappa shape index (κ3) is 2.37. The van der Waals surface area contributed by atoms with Crippen LogP contribution in [0.3, 0.4) is 0 Å². The highest BCUT2D eigenvalue weighted by Crippen LogP contribution is 2.36. The first-order valence-electron chi connectivity index (χ1n) is 6.01. The van der Waals surface area contributed by atoms with E-state index in [1.165, 1.54) is 6.42 Å². The van der Waals surface area contributed by atoms with Crippen molar-refractivity contribution in [1.82, 2.24) is 4.90 Å². The minimum absolute atomic E-state index is 0.0396. The summed E-state index contributed by atoms with van der Waals surface area (Å²) in [5, 5.41) is 8.66. The molecule has 0 aromatic carbocycles. The Bertz CT molecular complexity index is 289. The quantitative estimate of drug-likeness (QED) is 0.710. The minimum atomic E-state index is -0.476. The van der Waals surface area contributed by atoms with Crippen LogP contribution in [0.25, 0.3) is 0 Å². The van der Waals surface area contributed by atoms with E-state index in [4.69, 9.17) is 14.7 Å². The largest absolute Gasteiger partial charge is 0.347 e. The molecule has 2 heterocycles. The number of hydrogen-bond acceptors (Lipinski definition) is 4. The van der Waals surface area contributed by atoms with Crippen LogP contribution in [0.1, 0.15) is 26.2 Å². The second kappa shape index (κ2) is 4.70. The zero-order chi connectivity index (χ0) is 11.6. The lowest BCUT2D eigenvalue weighted by atomic mass is 9.91. The standard InChI is InChI=1S/C12H20N2O2/c1-12(10-4-3-7-14(2)8-10)15-9-11(16-12)5-6-13/h10-11H,3-5,7-9H2,1-2H3. The lowest BCUT2D eigenvalue weighted by molar-refractivity contribution is -0.200. The molecule has 0 aromatic rings. The van der Waals surface area contributed by atoms with Crippen molar-refractivity contribution in [3.05, 3.63) is 0 Å². The fraction of sp³-hybridized carbons (Fsp3) is 0.917. The molecule has 2 fully saturated rings. The summed E-state index contributed by atoms with van der Waals surface area (Å²) in [4.78, 5) is 2.32. The summed E-state index contributed by atoms with van der Waals surface area (Å²) in [5.74, 6) is -0.0501. The van der Waals surface area contributed by atoms with Crippen LogP contribution in [-0.4, -0.2) is 43.5 Å². The van der Waals surface area contributed by atoms with Gasteiger partial charge in [0.15, 0.2) is 5.79 Å². The van der Waals surface area contributed by atoms with E-state index in [9.17, 15) is 0 Å². The van der Waals surface area contributed by atoms with Crippen molar-refractivity contribution in [2.45, 2.75) is 38.1 Å². The van der Waals surface area contributed by atoms with Crippen molar-refractivity contribution >= 4 is 0 Å². The zero-order valence-electron chi connectivity index (χ0n) is 10.1. The van der Waals surface area contributed by atoms with Gasteiger partial charge in [-0.15, -0.1) is 0 Å². The minimum Gasteiger partial charge on any atom is -0.347 e. The van der Waals surface area contributed by atoms with Gasteiger partial charge in [0.05, 0.1) is 25.2 Å². The molecule has 4 heteroatoms. The van der Waals surface area contributed by atoms with E-state index in [1.807, 2.05) is 6.92 Å². The van der Waals surface area contributed by atoms with E-state index in [0.717, 1.165) is 19.5 Å². The molecule has 0 spiro atoms. The number of rotatable bonds is 2. The number of hydrogen-bond donors (Lipinski definition) is 0. The van der Waals surface area contributed by atoms with Crippen LogP contribution >= 0.6 is 0 Å². The lowest BCUT2D eigenvalue weighted by Crippen LogP contribution is -2.45. The van der Waals surface area contributed by atoms with Gasteiger partial charge in [-0.2, -0.15) is 5.26 Å². The molecule has 16 heavy (non-hydrogen) atoms. The van der Waals surface area contributed by atoms with Gasteiger partial charge in [-0.25, -0.2) is 0 Å². The Labute approximate surface area is 97.1 Å². The van der Waals surface area contributed by atoms with Gasteiger partial charge < -0.3 is 14.4 Å². The van der Waals surface area contributed by atoms with Crippen LogP contribution in [0.15, 0.2) is 0 Å². The van der Waals surface area contributed by atoms with Gasteiger partial charge >= 0.3 is 0 Å².